The first kappa shape index (κ1) is 16.7. The first-order chi connectivity index (χ1) is 9.66. The Kier molecular flexibility index (Phi) is 4.74. The van der Waals surface area contributed by atoms with Crippen LogP contribution in [0, 0.1) is 16.7 Å². The van der Waals surface area contributed by atoms with Crippen LogP contribution in [-0.2, 0) is 15.1 Å². The van der Waals surface area contributed by atoms with Gasteiger partial charge in [-0.15, -0.1) is 0 Å². The zero-order chi connectivity index (χ0) is 16.3. The fourth-order valence-corrected chi connectivity index (χ4v) is 1.69. The molecule has 1 rings (SSSR count). The lowest BCUT2D eigenvalue weighted by Crippen LogP contribution is -2.34. The van der Waals surface area contributed by atoms with Crippen molar-refractivity contribution in [2.45, 2.75) is 39.7 Å². The highest BCUT2D eigenvalue weighted by Crippen LogP contribution is 2.30. The Morgan fingerprint density at radius 1 is 1.24 bits per heavy atom. The number of carboxylic acids is 1. The summed E-state index contributed by atoms with van der Waals surface area (Å²) in [4.78, 5) is 23.0. The summed E-state index contributed by atoms with van der Waals surface area (Å²) in [6.07, 6.45) is 0.358. The van der Waals surface area contributed by atoms with Crippen molar-refractivity contribution in [3.63, 3.8) is 0 Å². The molecule has 0 heterocycles. The molecular weight excluding hydrogens is 270 g/mol. The van der Waals surface area contributed by atoms with E-state index in [1.807, 2.05) is 6.07 Å². The maximum atomic E-state index is 12.2. The summed E-state index contributed by atoms with van der Waals surface area (Å²) >= 11 is 0. The van der Waals surface area contributed by atoms with Crippen molar-refractivity contribution in [1.29, 1.82) is 5.26 Å². The molecule has 0 aliphatic rings. The van der Waals surface area contributed by atoms with Gasteiger partial charge in [-0.05, 0) is 44.9 Å². The molecule has 1 unspecified atom stereocenters. The molecule has 0 aliphatic carbocycles. The Balaban J connectivity index is 2.99. The molecule has 112 valence electrons. The van der Waals surface area contributed by atoms with Crippen LogP contribution in [-0.4, -0.2) is 17.0 Å². The molecule has 5 heteroatoms. The number of hydrogen-bond acceptors (Lipinski definition) is 4. The zero-order valence-corrected chi connectivity index (χ0v) is 12.6. The van der Waals surface area contributed by atoms with E-state index in [-0.39, 0.29) is 5.56 Å². The molecule has 0 spiro atoms. The fourth-order valence-electron chi connectivity index (χ4n) is 1.69. The van der Waals surface area contributed by atoms with Gasteiger partial charge in [0.15, 0.2) is 5.41 Å². The number of hydrogen-bond donors (Lipinski definition) is 1. The first-order valence-corrected chi connectivity index (χ1v) is 6.65. The lowest BCUT2D eigenvalue weighted by Gasteiger charge is -2.29. The van der Waals surface area contributed by atoms with E-state index in [4.69, 9.17) is 15.1 Å². The van der Waals surface area contributed by atoms with Crippen molar-refractivity contribution in [2.24, 2.45) is 5.41 Å². The number of rotatable bonds is 5. The van der Waals surface area contributed by atoms with Gasteiger partial charge < -0.3 is 9.84 Å². The number of benzene rings is 1. The number of ether oxygens (including phenoxy) is 1. The second kappa shape index (κ2) is 5.96. The smallest absolute Gasteiger partial charge is 0.335 e. The van der Waals surface area contributed by atoms with E-state index < -0.39 is 23.0 Å². The van der Waals surface area contributed by atoms with Crippen molar-refractivity contribution in [1.82, 2.24) is 0 Å². The Labute approximate surface area is 124 Å². The van der Waals surface area contributed by atoms with Crippen LogP contribution < -0.4 is 0 Å². The van der Waals surface area contributed by atoms with Gasteiger partial charge in [-0.2, -0.15) is 5.26 Å². The number of nitriles is 1. The Bertz CT molecular complexity index is 583. The van der Waals surface area contributed by atoms with E-state index in [1.54, 1.807) is 39.8 Å². The lowest BCUT2D eigenvalue weighted by atomic mass is 9.89. The van der Waals surface area contributed by atoms with Crippen LogP contribution in [0.15, 0.2) is 24.3 Å². The highest BCUT2D eigenvalue weighted by Gasteiger charge is 2.37. The van der Waals surface area contributed by atoms with Crippen molar-refractivity contribution in [3.05, 3.63) is 35.4 Å². The minimum Gasteiger partial charge on any atom is -0.478 e. The second-order valence-corrected chi connectivity index (χ2v) is 5.58. The lowest BCUT2D eigenvalue weighted by molar-refractivity contribution is -0.166. The van der Waals surface area contributed by atoms with Gasteiger partial charge in [-0.3, -0.25) is 4.79 Å². The summed E-state index contributed by atoms with van der Waals surface area (Å²) in [5.74, 6) is -1.60. The minimum absolute atomic E-state index is 0.163. The Morgan fingerprint density at radius 2 is 1.76 bits per heavy atom. The van der Waals surface area contributed by atoms with Crippen LogP contribution in [0.2, 0.25) is 0 Å². The third-order valence-corrected chi connectivity index (χ3v) is 3.58. The number of carbonyl (C=O) groups excluding carboxylic acids is 1. The third kappa shape index (κ3) is 3.60. The van der Waals surface area contributed by atoms with E-state index in [2.05, 4.69) is 0 Å². The SMILES string of the molecule is CCC(C)(C#N)C(=O)OC(C)(C)c1ccc(C(=O)O)cc1. The van der Waals surface area contributed by atoms with Crippen LogP contribution in [0.4, 0.5) is 0 Å². The predicted molar refractivity (Wildman–Crippen MR) is 76.5 cm³/mol. The van der Waals surface area contributed by atoms with E-state index in [9.17, 15) is 9.59 Å². The van der Waals surface area contributed by atoms with E-state index >= 15 is 0 Å². The van der Waals surface area contributed by atoms with Crippen molar-refractivity contribution >= 4 is 11.9 Å². The highest BCUT2D eigenvalue weighted by molar-refractivity contribution is 5.87. The molecule has 0 fully saturated rings. The van der Waals surface area contributed by atoms with Gasteiger partial charge in [0.1, 0.15) is 5.60 Å². The molecule has 0 saturated carbocycles. The molecule has 0 saturated heterocycles. The average Bonchev–Trinajstić information content (AvgIpc) is 2.45. The molecule has 21 heavy (non-hydrogen) atoms. The zero-order valence-electron chi connectivity index (χ0n) is 12.6. The topological polar surface area (TPSA) is 87.4 Å². The number of aromatic carboxylic acids is 1. The van der Waals surface area contributed by atoms with Crippen molar-refractivity contribution in [2.75, 3.05) is 0 Å². The Morgan fingerprint density at radius 3 is 2.14 bits per heavy atom. The molecule has 1 aromatic rings. The standard InChI is InChI=1S/C16H19NO4/c1-5-16(4,10-17)14(20)21-15(2,3)12-8-6-11(7-9-12)13(18)19/h6-9H,5H2,1-4H3,(H,18,19). The summed E-state index contributed by atoms with van der Waals surface area (Å²) < 4.78 is 5.46. The maximum absolute atomic E-state index is 12.2. The molecule has 1 aromatic carbocycles. The molecule has 1 atom stereocenters. The minimum atomic E-state index is -1.18. The monoisotopic (exact) mass is 289 g/mol. The summed E-state index contributed by atoms with van der Waals surface area (Å²) in [6.45, 7) is 6.69. The van der Waals surface area contributed by atoms with Crippen molar-refractivity contribution < 1.29 is 19.4 Å². The molecule has 1 N–H and O–H groups in total. The largest absolute Gasteiger partial charge is 0.478 e. The van der Waals surface area contributed by atoms with Gasteiger partial charge in [-0.1, -0.05) is 19.1 Å². The number of esters is 1. The summed E-state index contributed by atoms with van der Waals surface area (Å²) in [5, 5.41) is 18.0. The molecule has 0 amide bonds. The van der Waals surface area contributed by atoms with Crippen LogP contribution >= 0.6 is 0 Å². The van der Waals surface area contributed by atoms with Crippen LogP contribution in [0.25, 0.3) is 0 Å². The van der Waals surface area contributed by atoms with E-state index in [0.29, 0.717) is 12.0 Å². The summed E-state index contributed by atoms with van der Waals surface area (Å²) in [7, 11) is 0. The quantitative estimate of drug-likeness (QED) is 0.841. The van der Waals surface area contributed by atoms with Gasteiger partial charge in [0.2, 0.25) is 0 Å². The summed E-state index contributed by atoms with van der Waals surface area (Å²) in [6, 6.07) is 8.09. The highest BCUT2D eigenvalue weighted by atomic mass is 16.6. The number of carboxylic acid groups (broad SMARTS) is 1. The maximum Gasteiger partial charge on any atom is 0.335 e. The fraction of sp³-hybridized carbons (Fsp3) is 0.438. The number of nitrogens with zero attached hydrogens (tertiary/aromatic N) is 1. The molecule has 0 aliphatic heterocycles. The van der Waals surface area contributed by atoms with Crippen molar-refractivity contribution in [3.8, 4) is 6.07 Å². The van der Waals surface area contributed by atoms with E-state index in [1.165, 1.54) is 12.1 Å². The first-order valence-electron chi connectivity index (χ1n) is 6.65. The van der Waals surface area contributed by atoms with Crippen LogP contribution in [0.3, 0.4) is 0 Å². The predicted octanol–water partition coefficient (Wildman–Crippen LogP) is 3.10. The summed E-state index contributed by atoms with van der Waals surface area (Å²) in [5.41, 5.74) is -1.30. The van der Waals surface area contributed by atoms with Gasteiger partial charge in [0.05, 0.1) is 11.6 Å². The molecule has 5 nitrogen and oxygen atoms in total. The van der Waals surface area contributed by atoms with Gasteiger partial charge in [-0.25, -0.2) is 4.79 Å². The van der Waals surface area contributed by atoms with Gasteiger partial charge >= 0.3 is 11.9 Å². The number of carbonyl (C=O) groups is 2. The van der Waals surface area contributed by atoms with E-state index in [0.717, 1.165) is 0 Å². The molecule has 0 radical (unpaired) electrons. The molecular formula is C16H19NO4. The Hall–Kier alpha value is -2.35. The second-order valence-electron chi connectivity index (χ2n) is 5.58. The average molecular weight is 289 g/mol. The third-order valence-electron chi connectivity index (χ3n) is 3.58. The van der Waals surface area contributed by atoms with Crippen LogP contribution in [0.1, 0.15) is 50.0 Å². The molecule has 0 aromatic heterocycles. The normalized spacial score (nSPS) is 13.9. The molecule has 0 bridgehead atoms. The van der Waals surface area contributed by atoms with Crippen LogP contribution in [0.5, 0.6) is 0 Å². The van der Waals surface area contributed by atoms with Gasteiger partial charge in [0.25, 0.3) is 0 Å². The van der Waals surface area contributed by atoms with Gasteiger partial charge in [0, 0.05) is 0 Å².